The molecule has 2 N–H and O–H groups in total. The van der Waals surface area contributed by atoms with Crippen LogP contribution in [0.4, 0.5) is 0 Å². The minimum atomic E-state index is -0.734. The average molecular weight is 436 g/mol. The van der Waals surface area contributed by atoms with Gasteiger partial charge in [-0.1, -0.05) is 43.5 Å². The van der Waals surface area contributed by atoms with Gasteiger partial charge in [0.2, 0.25) is 11.2 Å². The molecule has 0 amide bonds. The number of halogens is 2. The summed E-state index contributed by atoms with van der Waals surface area (Å²) < 4.78 is 16.4. The Labute approximate surface area is 177 Å². The van der Waals surface area contributed by atoms with Crippen molar-refractivity contribution >= 4 is 40.1 Å². The lowest BCUT2D eigenvalue weighted by atomic mass is 10.0. The third kappa shape index (κ3) is 4.72. The van der Waals surface area contributed by atoms with Gasteiger partial charge in [0.1, 0.15) is 29.4 Å². The lowest BCUT2D eigenvalue weighted by Crippen LogP contribution is -2.39. The van der Waals surface area contributed by atoms with Crippen LogP contribution in [0.3, 0.4) is 0 Å². The lowest BCUT2D eigenvalue weighted by Gasteiger charge is -2.16. The van der Waals surface area contributed by atoms with Gasteiger partial charge in [-0.2, -0.15) is 0 Å². The molecule has 0 saturated carbocycles. The Morgan fingerprint density at radius 3 is 2.62 bits per heavy atom. The van der Waals surface area contributed by atoms with Gasteiger partial charge in [-0.05, 0) is 36.2 Å². The van der Waals surface area contributed by atoms with Crippen molar-refractivity contribution in [2.45, 2.75) is 26.3 Å². The van der Waals surface area contributed by atoms with Crippen molar-refractivity contribution in [3.05, 3.63) is 62.9 Å². The molecule has 3 rings (SSSR count). The van der Waals surface area contributed by atoms with Crippen molar-refractivity contribution in [3.63, 3.8) is 0 Å². The molecular formula is C21H19Cl2NO5. The number of hydrogen-bond acceptors (Lipinski definition) is 6. The molecule has 1 aromatic heterocycles. The van der Waals surface area contributed by atoms with Crippen LogP contribution in [0.25, 0.3) is 11.0 Å². The van der Waals surface area contributed by atoms with Gasteiger partial charge in [-0.15, -0.1) is 0 Å². The van der Waals surface area contributed by atoms with Crippen LogP contribution < -0.4 is 20.6 Å². The second-order valence-corrected chi connectivity index (χ2v) is 7.44. The summed E-state index contributed by atoms with van der Waals surface area (Å²) in [5.74, 6) is -0.0879. The third-order valence-electron chi connectivity index (χ3n) is 4.58. The number of carbonyl (C=O) groups excluding carboxylic acids is 1. The first-order valence-electron chi connectivity index (χ1n) is 8.96. The summed E-state index contributed by atoms with van der Waals surface area (Å²) >= 11 is 11.9. The minimum Gasteiger partial charge on any atom is -0.460 e. The van der Waals surface area contributed by atoms with E-state index < -0.39 is 17.4 Å². The fourth-order valence-corrected chi connectivity index (χ4v) is 3.02. The number of fused-ring (bicyclic) bond motifs is 1. The van der Waals surface area contributed by atoms with Crippen LogP contribution in [0.5, 0.6) is 17.2 Å². The maximum Gasteiger partial charge on any atom is 0.328 e. The molecule has 2 unspecified atom stereocenters. The van der Waals surface area contributed by atoms with E-state index in [1.165, 1.54) is 30.5 Å². The number of esters is 1. The van der Waals surface area contributed by atoms with Crippen LogP contribution in [0.1, 0.15) is 20.3 Å². The first-order valence-corrected chi connectivity index (χ1v) is 9.71. The molecule has 1 heterocycles. The zero-order valence-corrected chi connectivity index (χ0v) is 17.3. The smallest absolute Gasteiger partial charge is 0.328 e. The van der Waals surface area contributed by atoms with Crippen LogP contribution in [-0.2, 0) is 4.79 Å². The maximum absolute atomic E-state index is 12.7. The fourth-order valence-electron chi connectivity index (χ4n) is 2.57. The summed E-state index contributed by atoms with van der Waals surface area (Å²) in [5.41, 5.74) is 5.73. The second-order valence-electron chi connectivity index (χ2n) is 6.60. The standard InChI is InChI=1S/C21H19Cl2NO5/c1-3-11(2)19(24)21(26)28-13-5-6-14-17(9-13)27-10-18(20(14)25)29-16-7-4-12(22)8-15(16)23/h4-11,19H,3,24H2,1-2H3. The third-order valence-corrected chi connectivity index (χ3v) is 5.11. The van der Waals surface area contributed by atoms with Crippen LogP contribution in [-0.4, -0.2) is 12.0 Å². The van der Waals surface area contributed by atoms with Crippen molar-refractivity contribution in [1.82, 2.24) is 0 Å². The highest BCUT2D eigenvalue weighted by Crippen LogP contribution is 2.31. The van der Waals surface area contributed by atoms with Crippen molar-refractivity contribution < 1.29 is 18.7 Å². The van der Waals surface area contributed by atoms with E-state index >= 15 is 0 Å². The normalized spacial score (nSPS) is 13.1. The highest BCUT2D eigenvalue weighted by Gasteiger charge is 2.22. The zero-order valence-electron chi connectivity index (χ0n) is 15.8. The number of benzene rings is 2. The lowest BCUT2D eigenvalue weighted by molar-refractivity contribution is -0.137. The summed E-state index contributed by atoms with van der Waals surface area (Å²) in [6, 6.07) is 8.37. The molecule has 0 radical (unpaired) electrons. The molecule has 2 aromatic carbocycles. The van der Waals surface area contributed by atoms with Crippen LogP contribution in [0.2, 0.25) is 10.0 Å². The van der Waals surface area contributed by atoms with Crippen molar-refractivity contribution in [2.24, 2.45) is 11.7 Å². The Kier molecular flexibility index (Phi) is 6.47. The van der Waals surface area contributed by atoms with Crippen molar-refractivity contribution in [3.8, 4) is 17.2 Å². The average Bonchev–Trinajstić information content (AvgIpc) is 2.70. The number of carbonyl (C=O) groups is 1. The number of hydrogen-bond donors (Lipinski definition) is 1. The van der Waals surface area contributed by atoms with E-state index in [1.807, 2.05) is 13.8 Å². The van der Waals surface area contributed by atoms with Gasteiger partial charge in [0.25, 0.3) is 0 Å². The summed E-state index contributed by atoms with van der Waals surface area (Å²) in [5, 5.41) is 0.971. The molecule has 0 aliphatic carbocycles. The predicted molar refractivity (Wildman–Crippen MR) is 112 cm³/mol. The molecular weight excluding hydrogens is 417 g/mol. The fraction of sp³-hybridized carbons (Fsp3) is 0.238. The molecule has 152 valence electrons. The van der Waals surface area contributed by atoms with Gasteiger partial charge >= 0.3 is 5.97 Å². The topological polar surface area (TPSA) is 91.8 Å². The van der Waals surface area contributed by atoms with Crippen molar-refractivity contribution in [1.29, 1.82) is 0 Å². The minimum absolute atomic E-state index is 0.0136. The van der Waals surface area contributed by atoms with E-state index in [4.69, 9.17) is 42.8 Å². The molecule has 2 atom stereocenters. The largest absolute Gasteiger partial charge is 0.460 e. The Bertz CT molecular complexity index is 1110. The van der Waals surface area contributed by atoms with E-state index in [-0.39, 0.29) is 39.2 Å². The molecule has 6 nitrogen and oxygen atoms in total. The van der Waals surface area contributed by atoms with Gasteiger partial charge in [-0.3, -0.25) is 4.79 Å². The predicted octanol–water partition coefficient (Wildman–Crippen LogP) is 5.17. The molecule has 29 heavy (non-hydrogen) atoms. The van der Waals surface area contributed by atoms with Gasteiger partial charge < -0.3 is 19.6 Å². The van der Waals surface area contributed by atoms with E-state index in [0.29, 0.717) is 5.02 Å². The quantitative estimate of drug-likeness (QED) is 0.423. The summed E-state index contributed by atoms with van der Waals surface area (Å²) in [6.45, 7) is 3.82. The maximum atomic E-state index is 12.7. The van der Waals surface area contributed by atoms with Crippen molar-refractivity contribution in [2.75, 3.05) is 0 Å². The van der Waals surface area contributed by atoms with Crippen LogP contribution in [0, 0.1) is 5.92 Å². The monoisotopic (exact) mass is 435 g/mol. The first-order chi connectivity index (χ1) is 13.8. The highest BCUT2D eigenvalue weighted by atomic mass is 35.5. The van der Waals surface area contributed by atoms with Gasteiger partial charge in [0, 0.05) is 11.1 Å². The van der Waals surface area contributed by atoms with E-state index in [1.54, 1.807) is 12.1 Å². The van der Waals surface area contributed by atoms with Crippen LogP contribution in [0.15, 0.2) is 51.9 Å². The first kappa shape index (κ1) is 21.2. The Balaban J connectivity index is 1.85. The van der Waals surface area contributed by atoms with Gasteiger partial charge in [-0.25, -0.2) is 4.79 Å². The zero-order chi connectivity index (χ0) is 21.1. The van der Waals surface area contributed by atoms with E-state index in [2.05, 4.69) is 0 Å². The summed E-state index contributed by atoms with van der Waals surface area (Å²) in [6.07, 6.45) is 1.93. The second kappa shape index (κ2) is 8.86. The van der Waals surface area contributed by atoms with Gasteiger partial charge in [0.05, 0.1) is 10.4 Å². The molecule has 0 spiro atoms. The van der Waals surface area contributed by atoms with E-state index in [9.17, 15) is 9.59 Å². The highest BCUT2D eigenvalue weighted by molar-refractivity contribution is 6.35. The molecule has 0 fully saturated rings. The summed E-state index contributed by atoms with van der Waals surface area (Å²) in [4.78, 5) is 24.8. The molecule has 0 saturated heterocycles. The Morgan fingerprint density at radius 2 is 1.93 bits per heavy atom. The Morgan fingerprint density at radius 1 is 1.17 bits per heavy atom. The molecule has 0 bridgehead atoms. The van der Waals surface area contributed by atoms with Gasteiger partial charge in [0.15, 0.2) is 0 Å². The Hall–Kier alpha value is -2.54. The number of nitrogens with two attached hydrogens (primary N) is 1. The SMILES string of the molecule is CCC(C)C(N)C(=O)Oc1ccc2c(=O)c(Oc3ccc(Cl)cc3Cl)coc2c1. The molecule has 8 heteroatoms. The van der Waals surface area contributed by atoms with E-state index in [0.717, 1.165) is 6.42 Å². The van der Waals surface area contributed by atoms with Crippen LogP contribution >= 0.6 is 23.2 Å². The molecule has 0 aliphatic rings. The number of rotatable bonds is 6. The molecule has 3 aromatic rings. The summed E-state index contributed by atoms with van der Waals surface area (Å²) in [7, 11) is 0. The molecule has 0 aliphatic heterocycles. The number of ether oxygens (including phenoxy) is 2.